The van der Waals surface area contributed by atoms with E-state index in [1.54, 1.807) is 13.2 Å². The number of nitrogens with one attached hydrogen (secondary N) is 1. The van der Waals surface area contributed by atoms with Crippen molar-refractivity contribution in [2.24, 2.45) is 5.92 Å². The van der Waals surface area contributed by atoms with Crippen LogP contribution in [-0.4, -0.2) is 21.4 Å². The van der Waals surface area contributed by atoms with Crippen molar-refractivity contribution in [1.82, 2.24) is 4.72 Å². The van der Waals surface area contributed by atoms with Crippen LogP contribution in [0.4, 0.5) is 0 Å². The van der Waals surface area contributed by atoms with E-state index in [9.17, 15) is 13.2 Å². The van der Waals surface area contributed by atoms with Gasteiger partial charge in [-0.25, -0.2) is 13.1 Å². The molecule has 0 heterocycles. The maximum Gasteiger partial charge on any atom is 0.260 e. The summed E-state index contributed by atoms with van der Waals surface area (Å²) in [4.78, 5) is 12.8. The van der Waals surface area contributed by atoms with Gasteiger partial charge in [0.25, 0.3) is 10.0 Å². The van der Waals surface area contributed by atoms with Crippen molar-refractivity contribution in [2.75, 3.05) is 7.11 Å². The van der Waals surface area contributed by atoms with Crippen molar-refractivity contribution < 1.29 is 17.9 Å². The molecule has 2 aromatic carbocycles. The Morgan fingerprint density at radius 1 is 1.11 bits per heavy atom. The summed E-state index contributed by atoms with van der Waals surface area (Å²) in [5.74, 6) is 0.0273. The maximum absolute atomic E-state index is 12.7. The maximum atomic E-state index is 12.7. The monoisotopic (exact) mass is 383 g/mol. The van der Waals surface area contributed by atoms with E-state index in [0.29, 0.717) is 19.3 Å². The number of aryl methyl sites for hydroxylation is 1. The molecule has 0 radical (unpaired) electrons. The summed E-state index contributed by atoms with van der Waals surface area (Å²) in [5, 5.41) is 0. The summed E-state index contributed by atoms with van der Waals surface area (Å²) in [5.41, 5.74) is 3.03. The second kappa shape index (κ2) is 6.85. The Kier molecular flexibility index (Phi) is 4.52. The standard InChI is InChI=1S/C21H21NO4S/c1-26-17-8-4-7-16(11-17)19-13-20(19)21(23)22-27(24,25)18-10-9-14-5-2-3-6-15(14)12-18/h2-8,11-12,19-20H,9-10,13H2,1H3,(H,22,23)/t19-,20-/m1/s1. The van der Waals surface area contributed by atoms with E-state index in [1.165, 1.54) is 0 Å². The molecule has 0 bridgehead atoms. The summed E-state index contributed by atoms with van der Waals surface area (Å²) >= 11 is 0. The topological polar surface area (TPSA) is 72.5 Å². The number of hydrogen-bond acceptors (Lipinski definition) is 4. The smallest absolute Gasteiger partial charge is 0.260 e. The molecule has 0 unspecified atom stereocenters. The Morgan fingerprint density at radius 3 is 2.74 bits per heavy atom. The minimum Gasteiger partial charge on any atom is -0.497 e. The first-order valence-electron chi connectivity index (χ1n) is 8.97. The predicted molar refractivity (Wildman–Crippen MR) is 104 cm³/mol. The lowest BCUT2D eigenvalue weighted by Gasteiger charge is -2.17. The van der Waals surface area contributed by atoms with Gasteiger partial charge in [0.15, 0.2) is 0 Å². The average molecular weight is 383 g/mol. The van der Waals surface area contributed by atoms with Crippen molar-refractivity contribution >= 4 is 22.0 Å². The van der Waals surface area contributed by atoms with E-state index in [-0.39, 0.29) is 16.7 Å². The number of carbonyl (C=O) groups is 1. The van der Waals surface area contributed by atoms with Crippen LogP contribution in [0.15, 0.2) is 53.4 Å². The molecule has 2 aliphatic rings. The molecular weight excluding hydrogens is 362 g/mol. The molecule has 4 rings (SSSR count). The van der Waals surface area contributed by atoms with Crippen LogP contribution in [0.25, 0.3) is 6.08 Å². The van der Waals surface area contributed by atoms with Gasteiger partial charge in [0.05, 0.1) is 12.0 Å². The molecule has 1 saturated carbocycles. The quantitative estimate of drug-likeness (QED) is 0.860. The molecular formula is C21H21NO4S. The Morgan fingerprint density at radius 2 is 1.93 bits per heavy atom. The third-order valence-corrected chi connectivity index (χ3v) is 6.72. The lowest BCUT2D eigenvalue weighted by molar-refractivity contribution is -0.120. The number of benzene rings is 2. The van der Waals surface area contributed by atoms with Crippen molar-refractivity contribution in [3.05, 3.63) is 70.1 Å². The third-order valence-electron chi connectivity index (χ3n) is 5.24. The predicted octanol–water partition coefficient (Wildman–Crippen LogP) is 3.23. The number of ether oxygens (including phenoxy) is 1. The molecule has 2 atom stereocenters. The Bertz CT molecular complexity index is 1030. The average Bonchev–Trinajstić information content (AvgIpc) is 3.48. The summed E-state index contributed by atoms with van der Waals surface area (Å²) in [7, 11) is -2.22. The second-order valence-electron chi connectivity index (χ2n) is 7.00. The molecule has 5 nitrogen and oxygen atoms in total. The largest absolute Gasteiger partial charge is 0.497 e. The van der Waals surface area contributed by atoms with Crippen LogP contribution < -0.4 is 9.46 Å². The molecule has 2 aliphatic carbocycles. The van der Waals surface area contributed by atoms with Gasteiger partial charge in [0, 0.05) is 5.92 Å². The highest BCUT2D eigenvalue weighted by Gasteiger charge is 2.45. The van der Waals surface area contributed by atoms with Crippen LogP contribution in [0, 0.1) is 5.92 Å². The van der Waals surface area contributed by atoms with Gasteiger partial charge in [0.2, 0.25) is 5.91 Å². The van der Waals surface area contributed by atoms with Crippen molar-refractivity contribution in [1.29, 1.82) is 0 Å². The first-order valence-corrected chi connectivity index (χ1v) is 10.5. The van der Waals surface area contributed by atoms with Gasteiger partial charge in [-0.05, 0) is 60.1 Å². The van der Waals surface area contributed by atoms with Crippen LogP contribution in [0.5, 0.6) is 5.75 Å². The van der Waals surface area contributed by atoms with E-state index in [4.69, 9.17) is 4.74 Å². The lowest BCUT2D eigenvalue weighted by Crippen LogP contribution is -2.33. The number of rotatable bonds is 5. The summed E-state index contributed by atoms with van der Waals surface area (Å²) < 4.78 is 32.8. The van der Waals surface area contributed by atoms with Crippen LogP contribution in [0.2, 0.25) is 0 Å². The number of carbonyl (C=O) groups excluding carboxylic acids is 1. The zero-order valence-corrected chi connectivity index (χ0v) is 15.8. The highest BCUT2D eigenvalue weighted by Crippen LogP contribution is 2.48. The Labute approximate surface area is 159 Å². The number of allylic oxidation sites excluding steroid dienone is 1. The van der Waals surface area contributed by atoms with Gasteiger partial charge < -0.3 is 4.74 Å². The lowest BCUT2D eigenvalue weighted by atomic mass is 9.98. The molecule has 27 heavy (non-hydrogen) atoms. The minimum absolute atomic E-state index is 0.0383. The van der Waals surface area contributed by atoms with E-state index in [0.717, 1.165) is 22.4 Å². The van der Waals surface area contributed by atoms with Gasteiger partial charge in [0.1, 0.15) is 5.75 Å². The first-order chi connectivity index (χ1) is 13.0. The van der Waals surface area contributed by atoms with Crippen molar-refractivity contribution in [2.45, 2.75) is 25.2 Å². The fourth-order valence-electron chi connectivity index (χ4n) is 3.62. The van der Waals surface area contributed by atoms with Crippen LogP contribution in [0.1, 0.15) is 35.4 Å². The van der Waals surface area contributed by atoms with Crippen molar-refractivity contribution in [3.8, 4) is 5.75 Å². The van der Waals surface area contributed by atoms with Gasteiger partial charge in [-0.15, -0.1) is 0 Å². The molecule has 0 aliphatic heterocycles. The zero-order valence-electron chi connectivity index (χ0n) is 15.0. The summed E-state index contributed by atoms with van der Waals surface area (Å²) in [6, 6.07) is 15.3. The number of hydrogen-bond donors (Lipinski definition) is 1. The highest BCUT2D eigenvalue weighted by atomic mass is 32.2. The fourth-order valence-corrected chi connectivity index (χ4v) is 4.82. The zero-order chi connectivity index (χ0) is 19.0. The highest BCUT2D eigenvalue weighted by molar-refractivity contribution is 7.94. The number of amides is 1. The van der Waals surface area contributed by atoms with E-state index in [2.05, 4.69) is 4.72 Å². The first kappa shape index (κ1) is 17.8. The molecule has 0 saturated heterocycles. The van der Waals surface area contributed by atoms with E-state index in [1.807, 2.05) is 48.5 Å². The summed E-state index contributed by atoms with van der Waals surface area (Å²) in [6.45, 7) is 0. The molecule has 6 heteroatoms. The number of sulfonamides is 1. The second-order valence-corrected chi connectivity index (χ2v) is 8.74. The third kappa shape index (κ3) is 3.62. The van der Waals surface area contributed by atoms with Gasteiger partial charge in [-0.1, -0.05) is 36.4 Å². The van der Waals surface area contributed by atoms with Gasteiger partial charge in [-0.3, -0.25) is 4.79 Å². The molecule has 1 fully saturated rings. The summed E-state index contributed by atoms with van der Waals surface area (Å²) in [6.07, 6.45) is 3.38. The Balaban J connectivity index is 1.46. The van der Waals surface area contributed by atoms with Crippen molar-refractivity contribution in [3.63, 3.8) is 0 Å². The molecule has 0 aromatic heterocycles. The van der Waals surface area contributed by atoms with E-state index >= 15 is 0 Å². The SMILES string of the molecule is COc1cccc([C@H]2C[C@H]2C(=O)NS(=O)(=O)C2=Cc3ccccc3CC2)c1. The number of methoxy groups -OCH3 is 1. The van der Waals surface area contributed by atoms with Gasteiger partial charge >= 0.3 is 0 Å². The Hall–Kier alpha value is -2.60. The number of fused-ring (bicyclic) bond motifs is 1. The molecule has 140 valence electrons. The van der Waals surface area contributed by atoms with Crippen LogP contribution in [-0.2, 0) is 21.2 Å². The molecule has 1 amide bonds. The van der Waals surface area contributed by atoms with Gasteiger partial charge in [-0.2, -0.15) is 0 Å². The minimum atomic E-state index is -3.81. The van der Waals surface area contributed by atoms with E-state index < -0.39 is 15.9 Å². The fraction of sp³-hybridized carbons (Fsp3) is 0.286. The molecule has 0 spiro atoms. The normalized spacial score (nSPS) is 21.0. The molecule has 1 N–H and O–H groups in total. The van der Waals surface area contributed by atoms with Crippen LogP contribution >= 0.6 is 0 Å². The van der Waals surface area contributed by atoms with Crippen LogP contribution in [0.3, 0.4) is 0 Å². The molecule has 2 aromatic rings.